The molecule has 0 fully saturated rings. The van der Waals surface area contributed by atoms with Gasteiger partial charge in [-0.2, -0.15) is 0 Å². The van der Waals surface area contributed by atoms with Gasteiger partial charge in [0.15, 0.2) is 0 Å². The molecule has 0 aliphatic heterocycles. The van der Waals surface area contributed by atoms with Crippen LogP contribution in [0, 0.1) is 6.92 Å². The number of methoxy groups -OCH3 is 1. The molecule has 0 saturated heterocycles. The van der Waals surface area contributed by atoms with Gasteiger partial charge in [-0.1, -0.05) is 29.8 Å². The number of aromatic amines is 1. The number of hydrogen-bond donors (Lipinski definition) is 2. The predicted octanol–water partition coefficient (Wildman–Crippen LogP) is 5.43. The van der Waals surface area contributed by atoms with Crippen molar-refractivity contribution in [1.29, 1.82) is 0 Å². The van der Waals surface area contributed by atoms with Gasteiger partial charge in [0.05, 0.1) is 18.5 Å². The van der Waals surface area contributed by atoms with Gasteiger partial charge in [-0.15, -0.1) is 0 Å². The number of nitrogens with zero attached hydrogens (tertiary/aromatic N) is 1. The van der Waals surface area contributed by atoms with E-state index in [2.05, 4.69) is 36.2 Å². The highest BCUT2D eigenvalue weighted by molar-refractivity contribution is 5.81. The zero-order valence-corrected chi connectivity index (χ0v) is 15.2. The van der Waals surface area contributed by atoms with Crippen LogP contribution in [0.1, 0.15) is 5.56 Å². The van der Waals surface area contributed by atoms with Crippen molar-refractivity contribution < 1.29 is 9.84 Å². The summed E-state index contributed by atoms with van der Waals surface area (Å²) in [4.78, 5) is 8.31. The number of phenolic OH excluding ortho intramolecular Hbond substituents is 1. The lowest BCUT2D eigenvalue weighted by molar-refractivity contribution is 0.415. The van der Waals surface area contributed by atoms with Crippen LogP contribution in [-0.2, 0) is 0 Å². The fourth-order valence-electron chi connectivity index (χ4n) is 3.02. The van der Waals surface area contributed by atoms with Crippen LogP contribution in [0.4, 0.5) is 0 Å². The smallest absolute Gasteiger partial charge is 0.138 e. The van der Waals surface area contributed by atoms with Gasteiger partial charge in [0.1, 0.15) is 17.3 Å². The highest BCUT2D eigenvalue weighted by Crippen LogP contribution is 2.34. The first-order valence-corrected chi connectivity index (χ1v) is 8.75. The Hall–Kier alpha value is -3.53. The molecule has 1 aromatic heterocycles. The number of imidazole rings is 1. The van der Waals surface area contributed by atoms with E-state index in [0.29, 0.717) is 0 Å². The summed E-state index contributed by atoms with van der Waals surface area (Å²) in [5.41, 5.74) is 6.05. The van der Waals surface area contributed by atoms with E-state index in [0.717, 1.165) is 39.7 Å². The summed E-state index contributed by atoms with van der Waals surface area (Å²) in [6.07, 6.45) is 0. The molecule has 4 heteroatoms. The minimum Gasteiger partial charge on any atom is -0.508 e. The molecule has 27 heavy (non-hydrogen) atoms. The van der Waals surface area contributed by atoms with Gasteiger partial charge in [0.2, 0.25) is 0 Å². The second-order valence-corrected chi connectivity index (χ2v) is 6.45. The number of benzene rings is 3. The number of nitrogens with one attached hydrogen (secondary N) is 1. The van der Waals surface area contributed by atoms with Crippen molar-refractivity contribution in [2.45, 2.75) is 6.92 Å². The average molecular weight is 356 g/mol. The van der Waals surface area contributed by atoms with Gasteiger partial charge in [-0.05, 0) is 55.5 Å². The summed E-state index contributed by atoms with van der Waals surface area (Å²) in [5.74, 6) is 1.81. The Morgan fingerprint density at radius 3 is 2.00 bits per heavy atom. The number of aryl methyl sites for hydroxylation is 1. The summed E-state index contributed by atoms with van der Waals surface area (Å²) >= 11 is 0. The lowest BCUT2D eigenvalue weighted by atomic mass is 10.0. The largest absolute Gasteiger partial charge is 0.508 e. The maximum Gasteiger partial charge on any atom is 0.138 e. The molecule has 134 valence electrons. The topological polar surface area (TPSA) is 58.1 Å². The molecule has 4 aromatic rings. The van der Waals surface area contributed by atoms with Crippen molar-refractivity contribution in [3.8, 4) is 45.4 Å². The van der Waals surface area contributed by atoms with Crippen LogP contribution in [0.25, 0.3) is 33.9 Å². The number of rotatable bonds is 4. The molecule has 4 rings (SSSR count). The van der Waals surface area contributed by atoms with Crippen molar-refractivity contribution in [2.24, 2.45) is 0 Å². The molecule has 0 aliphatic rings. The summed E-state index contributed by atoms with van der Waals surface area (Å²) in [5, 5.41) is 9.55. The van der Waals surface area contributed by atoms with E-state index >= 15 is 0 Å². The van der Waals surface area contributed by atoms with Crippen LogP contribution < -0.4 is 4.74 Å². The quantitative estimate of drug-likeness (QED) is 0.512. The number of aromatic nitrogens is 2. The molecule has 2 N–H and O–H groups in total. The Balaban J connectivity index is 1.86. The number of aromatic hydroxyl groups is 1. The van der Waals surface area contributed by atoms with Crippen LogP contribution in [-0.4, -0.2) is 22.2 Å². The van der Waals surface area contributed by atoms with Crippen molar-refractivity contribution in [3.05, 3.63) is 78.4 Å². The van der Waals surface area contributed by atoms with Gasteiger partial charge < -0.3 is 14.8 Å². The summed E-state index contributed by atoms with van der Waals surface area (Å²) in [6, 6.07) is 23.3. The van der Waals surface area contributed by atoms with Gasteiger partial charge in [0, 0.05) is 16.7 Å². The number of phenols is 1. The number of ether oxygens (including phenoxy) is 1. The molecule has 0 spiro atoms. The molecular formula is C23H20N2O2. The van der Waals surface area contributed by atoms with Crippen molar-refractivity contribution in [1.82, 2.24) is 9.97 Å². The third kappa shape index (κ3) is 3.42. The second-order valence-electron chi connectivity index (χ2n) is 6.45. The van der Waals surface area contributed by atoms with Crippen molar-refractivity contribution >= 4 is 0 Å². The Morgan fingerprint density at radius 1 is 0.778 bits per heavy atom. The number of H-pyrrole nitrogens is 1. The molecular weight excluding hydrogens is 336 g/mol. The third-order valence-corrected chi connectivity index (χ3v) is 4.55. The Labute approximate surface area is 158 Å². The van der Waals surface area contributed by atoms with E-state index in [1.54, 1.807) is 19.2 Å². The maximum atomic E-state index is 9.55. The first-order chi connectivity index (χ1) is 13.1. The molecule has 0 atom stereocenters. The fourth-order valence-corrected chi connectivity index (χ4v) is 3.02. The van der Waals surface area contributed by atoms with Gasteiger partial charge in [0.25, 0.3) is 0 Å². The third-order valence-electron chi connectivity index (χ3n) is 4.55. The van der Waals surface area contributed by atoms with Crippen LogP contribution in [0.2, 0.25) is 0 Å². The van der Waals surface area contributed by atoms with Crippen molar-refractivity contribution in [2.75, 3.05) is 7.11 Å². The van der Waals surface area contributed by atoms with E-state index in [1.165, 1.54) is 5.56 Å². The Bertz CT molecular complexity index is 1050. The van der Waals surface area contributed by atoms with E-state index in [1.807, 2.05) is 36.4 Å². The van der Waals surface area contributed by atoms with E-state index in [4.69, 9.17) is 9.72 Å². The fraction of sp³-hybridized carbons (Fsp3) is 0.0870. The molecule has 0 saturated carbocycles. The lowest BCUT2D eigenvalue weighted by Gasteiger charge is -2.05. The van der Waals surface area contributed by atoms with Crippen LogP contribution in [0.15, 0.2) is 72.8 Å². The Kier molecular flexibility index (Phi) is 4.38. The van der Waals surface area contributed by atoms with Crippen LogP contribution >= 0.6 is 0 Å². The molecule has 4 nitrogen and oxygen atoms in total. The number of hydrogen-bond acceptors (Lipinski definition) is 3. The van der Waals surface area contributed by atoms with E-state index < -0.39 is 0 Å². The molecule has 0 unspecified atom stereocenters. The molecule has 3 aromatic carbocycles. The standard InChI is InChI=1S/C23H20N2O2/c1-15-3-5-16(6-4-15)21-22(17-9-13-20(27-2)14-10-17)25-23(24-21)18-7-11-19(26)12-8-18/h3-14,26H,1-2H3,(H,24,25). The van der Waals surface area contributed by atoms with E-state index in [-0.39, 0.29) is 5.75 Å². The zero-order valence-electron chi connectivity index (χ0n) is 15.2. The zero-order chi connectivity index (χ0) is 18.8. The highest BCUT2D eigenvalue weighted by Gasteiger charge is 2.15. The highest BCUT2D eigenvalue weighted by atomic mass is 16.5. The van der Waals surface area contributed by atoms with Crippen LogP contribution in [0.5, 0.6) is 11.5 Å². The molecule has 0 radical (unpaired) electrons. The first kappa shape index (κ1) is 16.9. The normalized spacial score (nSPS) is 10.7. The first-order valence-electron chi connectivity index (χ1n) is 8.75. The molecule has 0 aliphatic carbocycles. The minimum atomic E-state index is 0.236. The van der Waals surface area contributed by atoms with Crippen molar-refractivity contribution in [3.63, 3.8) is 0 Å². The van der Waals surface area contributed by atoms with E-state index in [9.17, 15) is 5.11 Å². The predicted molar refractivity (Wildman–Crippen MR) is 108 cm³/mol. The average Bonchev–Trinajstić information content (AvgIpc) is 3.14. The maximum absolute atomic E-state index is 9.55. The van der Waals surface area contributed by atoms with Gasteiger partial charge >= 0.3 is 0 Å². The van der Waals surface area contributed by atoms with Gasteiger partial charge in [-0.3, -0.25) is 0 Å². The minimum absolute atomic E-state index is 0.236. The Morgan fingerprint density at radius 2 is 1.37 bits per heavy atom. The second kappa shape index (κ2) is 7.00. The molecule has 0 bridgehead atoms. The summed E-state index contributed by atoms with van der Waals surface area (Å²) < 4.78 is 5.27. The summed E-state index contributed by atoms with van der Waals surface area (Å²) in [6.45, 7) is 2.07. The van der Waals surface area contributed by atoms with Gasteiger partial charge in [-0.25, -0.2) is 4.98 Å². The molecule has 0 amide bonds. The SMILES string of the molecule is COc1ccc(-c2nc(-c3ccc(O)cc3)[nH]c2-c2ccc(C)cc2)cc1. The molecule has 1 heterocycles. The summed E-state index contributed by atoms with van der Waals surface area (Å²) in [7, 11) is 1.66. The lowest BCUT2D eigenvalue weighted by Crippen LogP contribution is -1.86. The monoisotopic (exact) mass is 356 g/mol. The van der Waals surface area contributed by atoms with Crippen LogP contribution in [0.3, 0.4) is 0 Å².